The van der Waals surface area contributed by atoms with Gasteiger partial charge in [-0.25, -0.2) is 4.98 Å². The van der Waals surface area contributed by atoms with Crippen LogP contribution >= 0.6 is 11.3 Å². The molecule has 3 rings (SSSR count). The summed E-state index contributed by atoms with van der Waals surface area (Å²) in [7, 11) is 1.84. The molecule has 0 saturated heterocycles. The third kappa shape index (κ3) is 2.25. The molecular formula is C14H12N4OS. The van der Waals surface area contributed by atoms with Crippen LogP contribution in [0, 0.1) is 0 Å². The molecule has 0 aliphatic carbocycles. The molecule has 5 nitrogen and oxygen atoms in total. The molecule has 3 aromatic rings. The molecule has 3 aromatic heterocycles. The van der Waals surface area contributed by atoms with Gasteiger partial charge in [0.2, 0.25) is 0 Å². The van der Waals surface area contributed by atoms with Crippen molar-refractivity contribution in [1.82, 2.24) is 19.7 Å². The highest BCUT2D eigenvalue weighted by Crippen LogP contribution is 2.33. The Morgan fingerprint density at radius 3 is 2.60 bits per heavy atom. The van der Waals surface area contributed by atoms with Gasteiger partial charge in [-0.1, -0.05) is 0 Å². The molecule has 0 fully saturated rings. The van der Waals surface area contributed by atoms with Crippen molar-refractivity contribution < 1.29 is 4.79 Å². The van der Waals surface area contributed by atoms with Gasteiger partial charge in [-0.15, -0.1) is 11.3 Å². The zero-order valence-electron chi connectivity index (χ0n) is 11.1. The van der Waals surface area contributed by atoms with Gasteiger partial charge in [-0.3, -0.25) is 14.5 Å². The van der Waals surface area contributed by atoms with Gasteiger partial charge in [0.15, 0.2) is 5.78 Å². The number of aromatic nitrogens is 4. The smallest absolute Gasteiger partial charge is 0.172 e. The van der Waals surface area contributed by atoms with E-state index in [0.717, 1.165) is 16.1 Å². The van der Waals surface area contributed by atoms with Crippen LogP contribution in [0.4, 0.5) is 0 Å². The summed E-state index contributed by atoms with van der Waals surface area (Å²) in [6, 6.07) is 3.77. The molecule has 0 amide bonds. The van der Waals surface area contributed by atoms with Crippen LogP contribution in [0.25, 0.3) is 21.8 Å². The maximum Gasteiger partial charge on any atom is 0.172 e. The first kappa shape index (κ1) is 12.7. The highest BCUT2D eigenvalue weighted by Gasteiger charge is 2.18. The summed E-state index contributed by atoms with van der Waals surface area (Å²) in [5.74, 6) is 0.0154. The maximum atomic E-state index is 11.8. The van der Waals surface area contributed by atoms with Gasteiger partial charge in [0.05, 0.1) is 16.8 Å². The maximum absolute atomic E-state index is 11.8. The molecular weight excluding hydrogens is 272 g/mol. The van der Waals surface area contributed by atoms with E-state index in [1.54, 1.807) is 30.2 Å². The van der Waals surface area contributed by atoms with Gasteiger partial charge in [0.25, 0.3) is 0 Å². The monoisotopic (exact) mass is 284 g/mol. The predicted octanol–water partition coefficient (Wildman–Crippen LogP) is 2.81. The van der Waals surface area contributed by atoms with Gasteiger partial charge in [0, 0.05) is 43.7 Å². The number of rotatable bonds is 3. The van der Waals surface area contributed by atoms with E-state index in [1.165, 1.54) is 11.3 Å². The fraction of sp³-hybridized carbons (Fsp3) is 0.143. The van der Waals surface area contributed by atoms with Crippen LogP contribution in [0.3, 0.4) is 0 Å². The molecule has 100 valence electrons. The molecule has 6 heteroatoms. The van der Waals surface area contributed by atoms with Crippen molar-refractivity contribution >= 4 is 17.1 Å². The average molecular weight is 284 g/mol. The first-order valence-corrected chi connectivity index (χ1v) is 6.88. The SMILES string of the molecule is CC(=O)c1sc(-c2ccncc2)nc1-c1cnn(C)c1. The molecule has 0 bridgehead atoms. The topological polar surface area (TPSA) is 60.7 Å². The quantitative estimate of drug-likeness (QED) is 0.694. The summed E-state index contributed by atoms with van der Waals surface area (Å²) >= 11 is 1.40. The van der Waals surface area contributed by atoms with E-state index in [0.29, 0.717) is 10.6 Å². The van der Waals surface area contributed by atoms with E-state index < -0.39 is 0 Å². The first-order chi connectivity index (χ1) is 9.65. The van der Waals surface area contributed by atoms with Crippen LogP contribution in [0.5, 0.6) is 0 Å². The van der Waals surface area contributed by atoms with Gasteiger partial charge >= 0.3 is 0 Å². The van der Waals surface area contributed by atoms with Crippen LogP contribution in [0.1, 0.15) is 16.6 Å². The Kier molecular flexibility index (Phi) is 3.15. The Morgan fingerprint density at radius 2 is 2.00 bits per heavy atom. The number of aryl methyl sites for hydroxylation is 1. The lowest BCUT2D eigenvalue weighted by molar-refractivity contribution is 0.102. The summed E-state index contributed by atoms with van der Waals surface area (Å²) in [5.41, 5.74) is 2.51. The fourth-order valence-electron chi connectivity index (χ4n) is 1.92. The van der Waals surface area contributed by atoms with Gasteiger partial charge < -0.3 is 0 Å². The number of carbonyl (C=O) groups excluding carboxylic acids is 1. The molecule has 0 saturated carbocycles. The first-order valence-electron chi connectivity index (χ1n) is 6.06. The van der Waals surface area contributed by atoms with Crippen molar-refractivity contribution in [2.75, 3.05) is 0 Å². The van der Waals surface area contributed by atoms with Crippen molar-refractivity contribution in [3.05, 3.63) is 41.8 Å². The fourth-order valence-corrected chi connectivity index (χ4v) is 2.90. The van der Waals surface area contributed by atoms with Gasteiger partial charge in [-0.05, 0) is 12.1 Å². The second-order valence-corrected chi connectivity index (χ2v) is 5.39. The second-order valence-electron chi connectivity index (χ2n) is 4.39. The summed E-state index contributed by atoms with van der Waals surface area (Å²) in [5, 5.41) is 4.95. The minimum absolute atomic E-state index is 0.0154. The summed E-state index contributed by atoms with van der Waals surface area (Å²) < 4.78 is 1.70. The number of ketones is 1. The number of hydrogen-bond donors (Lipinski definition) is 0. The zero-order chi connectivity index (χ0) is 14.1. The number of thiazole rings is 1. The molecule has 0 aliphatic heterocycles. The number of nitrogens with zero attached hydrogens (tertiary/aromatic N) is 4. The van der Waals surface area contributed by atoms with Crippen LogP contribution in [-0.2, 0) is 7.05 Å². The van der Waals surface area contributed by atoms with Crippen LogP contribution < -0.4 is 0 Å². The van der Waals surface area contributed by atoms with Crippen LogP contribution in [0.15, 0.2) is 36.9 Å². The van der Waals surface area contributed by atoms with Gasteiger partial charge in [-0.2, -0.15) is 5.10 Å². The molecule has 0 radical (unpaired) electrons. The molecule has 3 heterocycles. The lowest BCUT2D eigenvalue weighted by Crippen LogP contribution is -1.91. The number of Topliss-reactive ketones (excluding diaryl/α,β-unsaturated/α-hetero) is 1. The predicted molar refractivity (Wildman–Crippen MR) is 77.6 cm³/mol. The van der Waals surface area contributed by atoms with E-state index in [9.17, 15) is 4.79 Å². The van der Waals surface area contributed by atoms with Crippen molar-refractivity contribution in [2.45, 2.75) is 6.92 Å². The normalized spacial score (nSPS) is 10.7. The third-order valence-electron chi connectivity index (χ3n) is 2.85. The Hall–Kier alpha value is -2.34. The van der Waals surface area contributed by atoms with Gasteiger partial charge in [0.1, 0.15) is 5.01 Å². The number of hydrogen-bond acceptors (Lipinski definition) is 5. The van der Waals surface area contributed by atoms with E-state index >= 15 is 0 Å². The molecule has 0 atom stereocenters. The number of carbonyl (C=O) groups is 1. The van der Waals surface area contributed by atoms with Crippen molar-refractivity contribution in [2.24, 2.45) is 7.05 Å². The lowest BCUT2D eigenvalue weighted by atomic mass is 10.2. The van der Waals surface area contributed by atoms with E-state index in [-0.39, 0.29) is 5.78 Å². The van der Waals surface area contributed by atoms with E-state index in [2.05, 4.69) is 15.1 Å². The summed E-state index contributed by atoms with van der Waals surface area (Å²) in [4.78, 5) is 21.1. The largest absolute Gasteiger partial charge is 0.294 e. The highest BCUT2D eigenvalue weighted by atomic mass is 32.1. The minimum atomic E-state index is 0.0154. The Labute approximate surface area is 119 Å². The Bertz CT molecular complexity index is 761. The minimum Gasteiger partial charge on any atom is -0.294 e. The Morgan fingerprint density at radius 1 is 1.25 bits per heavy atom. The second kappa shape index (κ2) is 4.97. The molecule has 20 heavy (non-hydrogen) atoms. The molecule has 0 spiro atoms. The average Bonchev–Trinajstić information content (AvgIpc) is 3.05. The molecule has 0 aromatic carbocycles. The Balaban J connectivity index is 2.15. The van der Waals surface area contributed by atoms with Crippen molar-refractivity contribution in [3.8, 4) is 21.8 Å². The molecule has 0 N–H and O–H groups in total. The third-order valence-corrected chi connectivity index (χ3v) is 4.06. The van der Waals surface area contributed by atoms with E-state index in [1.807, 2.05) is 25.4 Å². The highest BCUT2D eigenvalue weighted by molar-refractivity contribution is 7.17. The van der Waals surface area contributed by atoms with Crippen LogP contribution in [0.2, 0.25) is 0 Å². The van der Waals surface area contributed by atoms with Crippen molar-refractivity contribution in [1.29, 1.82) is 0 Å². The summed E-state index contributed by atoms with van der Waals surface area (Å²) in [6.45, 7) is 1.56. The van der Waals surface area contributed by atoms with E-state index in [4.69, 9.17) is 0 Å². The lowest BCUT2D eigenvalue weighted by Gasteiger charge is -1.94. The zero-order valence-corrected chi connectivity index (χ0v) is 11.9. The molecule has 0 unspecified atom stereocenters. The number of pyridine rings is 1. The summed E-state index contributed by atoms with van der Waals surface area (Å²) in [6.07, 6.45) is 7.01. The molecule has 0 aliphatic rings. The van der Waals surface area contributed by atoms with Crippen molar-refractivity contribution in [3.63, 3.8) is 0 Å². The van der Waals surface area contributed by atoms with Crippen LogP contribution in [-0.4, -0.2) is 25.5 Å². The standard InChI is InChI=1S/C14H12N4OS/c1-9(19)13-12(11-7-16-18(2)8-11)17-14(20-13)10-3-5-15-6-4-10/h3-8H,1-2H3.